The molecule has 0 aromatic heterocycles. The number of hydrogen-bond donors (Lipinski definition) is 1. The first-order valence-electron chi connectivity index (χ1n) is 9.39. The van der Waals surface area contributed by atoms with E-state index in [0.717, 1.165) is 17.5 Å². The molecule has 0 heterocycles. The van der Waals surface area contributed by atoms with E-state index in [1.165, 1.54) is 0 Å². The third kappa shape index (κ3) is 6.25. The molecule has 0 spiro atoms. The van der Waals surface area contributed by atoms with Crippen LogP contribution in [0.3, 0.4) is 0 Å². The van der Waals surface area contributed by atoms with Crippen molar-refractivity contribution in [2.75, 3.05) is 0 Å². The van der Waals surface area contributed by atoms with Crippen LogP contribution < -0.4 is 5.32 Å². The number of rotatable bonds is 8. The first-order valence-corrected chi connectivity index (χ1v) is 10.1. The zero-order valence-corrected chi connectivity index (χ0v) is 17.9. The highest BCUT2D eigenvalue weighted by Gasteiger charge is 2.27. The van der Waals surface area contributed by atoms with Gasteiger partial charge in [-0.2, -0.15) is 0 Å². The molecular formula is C22H26Cl2N2O2. The Hall–Kier alpha value is -2.04. The Bertz CT molecular complexity index is 808. The van der Waals surface area contributed by atoms with E-state index in [-0.39, 0.29) is 30.8 Å². The van der Waals surface area contributed by atoms with Crippen LogP contribution >= 0.6 is 23.2 Å². The third-order valence-electron chi connectivity index (χ3n) is 4.74. The minimum Gasteiger partial charge on any atom is -0.352 e. The first kappa shape index (κ1) is 22.3. The van der Waals surface area contributed by atoms with Gasteiger partial charge in [-0.3, -0.25) is 9.59 Å². The van der Waals surface area contributed by atoms with Gasteiger partial charge in [-0.25, -0.2) is 0 Å². The van der Waals surface area contributed by atoms with Gasteiger partial charge in [-0.05, 0) is 49.6 Å². The van der Waals surface area contributed by atoms with Crippen LogP contribution in [0.25, 0.3) is 0 Å². The van der Waals surface area contributed by atoms with E-state index in [0.29, 0.717) is 10.0 Å². The number of halogens is 2. The SMILES string of the molecule is CC[C@H](C)NC(=O)[C@@H](C)N(Cc1ccccc1Cl)C(=O)Cc1ccc(Cl)cc1. The maximum Gasteiger partial charge on any atom is 0.242 e. The predicted molar refractivity (Wildman–Crippen MR) is 115 cm³/mol. The quantitative estimate of drug-likeness (QED) is 0.661. The molecule has 2 atom stereocenters. The van der Waals surface area contributed by atoms with Crippen molar-refractivity contribution in [3.05, 3.63) is 69.7 Å². The van der Waals surface area contributed by atoms with Gasteiger partial charge in [0, 0.05) is 22.6 Å². The molecule has 6 heteroatoms. The average molecular weight is 421 g/mol. The number of carbonyl (C=O) groups excluding carboxylic acids is 2. The molecule has 0 fully saturated rings. The van der Waals surface area contributed by atoms with E-state index in [1.807, 2.05) is 44.2 Å². The van der Waals surface area contributed by atoms with Crippen molar-refractivity contribution in [2.45, 2.75) is 52.2 Å². The summed E-state index contributed by atoms with van der Waals surface area (Å²) in [7, 11) is 0. The minimum atomic E-state index is -0.620. The molecule has 150 valence electrons. The molecule has 4 nitrogen and oxygen atoms in total. The van der Waals surface area contributed by atoms with Crippen molar-refractivity contribution in [1.82, 2.24) is 10.2 Å². The van der Waals surface area contributed by atoms with Crippen LogP contribution in [0.15, 0.2) is 48.5 Å². The second-order valence-corrected chi connectivity index (χ2v) is 7.75. The summed E-state index contributed by atoms with van der Waals surface area (Å²) < 4.78 is 0. The topological polar surface area (TPSA) is 49.4 Å². The Morgan fingerprint density at radius 1 is 1.04 bits per heavy atom. The van der Waals surface area contributed by atoms with E-state index in [4.69, 9.17) is 23.2 Å². The second-order valence-electron chi connectivity index (χ2n) is 6.91. The minimum absolute atomic E-state index is 0.0449. The van der Waals surface area contributed by atoms with Crippen LogP contribution in [0.2, 0.25) is 10.0 Å². The van der Waals surface area contributed by atoms with Gasteiger partial charge in [0.2, 0.25) is 11.8 Å². The molecule has 2 aromatic rings. The molecule has 0 aliphatic carbocycles. The number of nitrogens with zero attached hydrogens (tertiary/aromatic N) is 1. The molecule has 0 saturated heterocycles. The number of hydrogen-bond acceptors (Lipinski definition) is 2. The number of nitrogens with one attached hydrogen (secondary N) is 1. The van der Waals surface area contributed by atoms with Crippen molar-refractivity contribution in [3.8, 4) is 0 Å². The van der Waals surface area contributed by atoms with Crippen LogP contribution in [0.5, 0.6) is 0 Å². The van der Waals surface area contributed by atoms with Gasteiger partial charge in [0.25, 0.3) is 0 Å². The smallest absolute Gasteiger partial charge is 0.242 e. The average Bonchev–Trinajstić information content (AvgIpc) is 2.68. The maximum atomic E-state index is 13.1. The van der Waals surface area contributed by atoms with E-state index in [9.17, 15) is 9.59 Å². The van der Waals surface area contributed by atoms with Crippen molar-refractivity contribution < 1.29 is 9.59 Å². The molecule has 0 aliphatic heterocycles. The van der Waals surface area contributed by atoms with Crippen molar-refractivity contribution in [1.29, 1.82) is 0 Å². The molecular weight excluding hydrogens is 395 g/mol. The first-order chi connectivity index (χ1) is 13.3. The lowest BCUT2D eigenvalue weighted by molar-refractivity contribution is -0.140. The Labute approximate surface area is 176 Å². The summed E-state index contributed by atoms with van der Waals surface area (Å²) >= 11 is 12.2. The molecule has 1 N–H and O–H groups in total. The summed E-state index contributed by atoms with van der Waals surface area (Å²) in [4.78, 5) is 27.3. The fourth-order valence-corrected chi connectivity index (χ4v) is 3.06. The van der Waals surface area contributed by atoms with E-state index in [1.54, 1.807) is 30.0 Å². The van der Waals surface area contributed by atoms with E-state index < -0.39 is 6.04 Å². The lowest BCUT2D eigenvalue weighted by atomic mass is 10.1. The third-order valence-corrected chi connectivity index (χ3v) is 5.36. The van der Waals surface area contributed by atoms with E-state index in [2.05, 4.69) is 5.32 Å². The van der Waals surface area contributed by atoms with Crippen molar-refractivity contribution in [2.24, 2.45) is 0 Å². The summed E-state index contributed by atoms with van der Waals surface area (Å²) in [6, 6.07) is 13.9. The fourth-order valence-electron chi connectivity index (χ4n) is 2.74. The molecule has 0 unspecified atom stereocenters. The molecule has 0 bridgehead atoms. The highest BCUT2D eigenvalue weighted by atomic mass is 35.5. The molecule has 0 radical (unpaired) electrons. The maximum absolute atomic E-state index is 13.1. The van der Waals surface area contributed by atoms with Crippen LogP contribution in [0.4, 0.5) is 0 Å². The monoisotopic (exact) mass is 420 g/mol. The summed E-state index contributed by atoms with van der Waals surface area (Å²) in [6.07, 6.45) is 1.00. The predicted octanol–water partition coefficient (Wildman–Crippen LogP) is 4.87. The largest absolute Gasteiger partial charge is 0.352 e. The standard InChI is InChI=1S/C22H26Cl2N2O2/c1-4-15(2)25-22(28)16(3)26(14-18-7-5-6-8-20(18)24)21(27)13-17-9-11-19(23)12-10-17/h5-12,15-16H,4,13-14H2,1-3H3,(H,25,28)/t15-,16+/m0/s1. The lowest BCUT2D eigenvalue weighted by Crippen LogP contribution is -2.49. The summed E-state index contributed by atoms with van der Waals surface area (Å²) in [5, 5.41) is 4.14. The number of benzene rings is 2. The lowest BCUT2D eigenvalue weighted by Gasteiger charge is -2.30. The molecule has 2 amide bonds. The highest BCUT2D eigenvalue weighted by Crippen LogP contribution is 2.20. The number of amides is 2. The van der Waals surface area contributed by atoms with Gasteiger partial charge >= 0.3 is 0 Å². The molecule has 0 saturated carbocycles. The molecule has 2 aromatic carbocycles. The normalized spacial score (nSPS) is 12.9. The summed E-state index contributed by atoms with van der Waals surface area (Å²) in [6.45, 7) is 5.96. The number of carbonyl (C=O) groups is 2. The Kier molecular flexibility index (Phi) is 8.34. The fraction of sp³-hybridized carbons (Fsp3) is 0.364. The van der Waals surface area contributed by atoms with Gasteiger partial charge in [-0.1, -0.05) is 60.5 Å². The zero-order valence-electron chi connectivity index (χ0n) is 16.4. The van der Waals surface area contributed by atoms with Crippen LogP contribution in [-0.2, 0) is 22.6 Å². The van der Waals surface area contributed by atoms with Crippen LogP contribution in [-0.4, -0.2) is 28.8 Å². The van der Waals surface area contributed by atoms with Gasteiger partial charge < -0.3 is 10.2 Å². The van der Waals surface area contributed by atoms with Gasteiger partial charge in [0.05, 0.1) is 6.42 Å². The zero-order chi connectivity index (χ0) is 20.7. The van der Waals surface area contributed by atoms with E-state index >= 15 is 0 Å². The van der Waals surface area contributed by atoms with Crippen LogP contribution in [0, 0.1) is 0 Å². The van der Waals surface area contributed by atoms with Crippen molar-refractivity contribution in [3.63, 3.8) is 0 Å². The van der Waals surface area contributed by atoms with Gasteiger partial charge in [0.15, 0.2) is 0 Å². The Morgan fingerprint density at radius 3 is 2.29 bits per heavy atom. The van der Waals surface area contributed by atoms with Gasteiger partial charge in [0.1, 0.15) is 6.04 Å². The molecule has 28 heavy (non-hydrogen) atoms. The van der Waals surface area contributed by atoms with Gasteiger partial charge in [-0.15, -0.1) is 0 Å². The second kappa shape index (κ2) is 10.5. The summed E-state index contributed by atoms with van der Waals surface area (Å²) in [5.74, 6) is -0.320. The molecule has 2 rings (SSSR count). The van der Waals surface area contributed by atoms with Crippen LogP contribution in [0.1, 0.15) is 38.3 Å². The summed E-state index contributed by atoms with van der Waals surface area (Å²) in [5.41, 5.74) is 1.64. The Morgan fingerprint density at radius 2 is 1.68 bits per heavy atom. The highest BCUT2D eigenvalue weighted by molar-refractivity contribution is 6.31. The molecule has 0 aliphatic rings. The van der Waals surface area contributed by atoms with Crippen molar-refractivity contribution >= 4 is 35.0 Å². The Balaban J connectivity index is 2.23.